The Labute approximate surface area is 179 Å². The van der Waals surface area contributed by atoms with Crippen molar-refractivity contribution in [2.75, 3.05) is 19.5 Å². The number of nitrogens with zero attached hydrogens (tertiary/aromatic N) is 1. The van der Waals surface area contributed by atoms with E-state index in [1.165, 1.54) is 12.1 Å². The number of aromatic nitrogens is 1. The lowest BCUT2D eigenvalue weighted by atomic mass is 10.0. The second-order valence-electron chi connectivity index (χ2n) is 7.06. The van der Waals surface area contributed by atoms with E-state index in [1.54, 1.807) is 32.4 Å². The number of benzene rings is 3. The smallest absolute Gasteiger partial charge is 0.256 e. The van der Waals surface area contributed by atoms with Crippen LogP contribution in [0.4, 0.5) is 10.1 Å². The maximum absolute atomic E-state index is 13.7. The third kappa shape index (κ3) is 4.05. The van der Waals surface area contributed by atoms with Crippen LogP contribution < -0.4 is 14.8 Å². The number of carbonyl (C=O) groups excluding carboxylic acids is 1. The van der Waals surface area contributed by atoms with Gasteiger partial charge in [-0.1, -0.05) is 24.3 Å². The predicted octanol–water partition coefficient (Wildman–Crippen LogP) is 5.62. The molecule has 1 heterocycles. The lowest BCUT2D eigenvalue weighted by molar-refractivity contribution is 0.102. The van der Waals surface area contributed by atoms with Crippen LogP contribution in [0.25, 0.3) is 22.2 Å². The fourth-order valence-electron chi connectivity index (χ4n) is 3.43. The van der Waals surface area contributed by atoms with Gasteiger partial charge in [0.15, 0.2) is 11.5 Å². The molecule has 0 fully saturated rings. The molecule has 4 aromatic rings. The normalized spacial score (nSPS) is 10.7. The maximum atomic E-state index is 13.7. The molecule has 5 nitrogen and oxygen atoms in total. The van der Waals surface area contributed by atoms with Crippen LogP contribution >= 0.6 is 0 Å². The number of fused-ring (bicyclic) bond motifs is 1. The Morgan fingerprint density at radius 3 is 2.48 bits per heavy atom. The molecule has 4 rings (SSSR count). The molecule has 3 aromatic carbocycles. The summed E-state index contributed by atoms with van der Waals surface area (Å²) >= 11 is 0. The average molecular weight is 416 g/mol. The summed E-state index contributed by atoms with van der Waals surface area (Å²) in [6.45, 7) is 1.81. The van der Waals surface area contributed by atoms with E-state index in [0.29, 0.717) is 39.3 Å². The zero-order valence-corrected chi connectivity index (χ0v) is 17.4. The van der Waals surface area contributed by atoms with Crippen LogP contribution in [0.3, 0.4) is 0 Å². The van der Waals surface area contributed by atoms with Crippen molar-refractivity contribution in [3.05, 3.63) is 83.7 Å². The first kappa shape index (κ1) is 20.3. The zero-order valence-electron chi connectivity index (χ0n) is 17.4. The van der Waals surface area contributed by atoms with Gasteiger partial charge in [-0.05, 0) is 55.0 Å². The SMILES string of the molecule is COc1ccc(-c2cc(C(=O)Nc3cc(F)ccc3C)c3ccccc3n2)cc1OC. The van der Waals surface area contributed by atoms with Crippen LogP contribution in [0, 0.1) is 12.7 Å². The number of halogens is 1. The quantitative estimate of drug-likeness (QED) is 0.459. The Bertz CT molecular complexity index is 1290. The molecule has 1 N–H and O–H groups in total. The van der Waals surface area contributed by atoms with Gasteiger partial charge in [-0.3, -0.25) is 4.79 Å². The van der Waals surface area contributed by atoms with Crippen molar-refractivity contribution in [1.82, 2.24) is 4.98 Å². The van der Waals surface area contributed by atoms with Gasteiger partial charge < -0.3 is 14.8 Å². The van der Waals surface area contributed by atoms with Crippen molar-refractivity contribution in [2.24, 2.45) is 0 Å². The molecule has 1 amide bonds. The molecule has 6 heteroatoms. The highest BCUT2D eigenvalue weighted by Gasteiger charge is 2.16. The van der Waals surface area contributed by atoms with E-state index in [2.05, 4.69) is 5.32 Å². The highest BCUT2D eigenvalue weighted by atomic mass is 19.1. The minimum Gasteiger partial charge on any atom is -0.493 e. The first-order valence-electron chi connectivity index (χ1n) is 9.70. The number of pyridine rings is 1. The molecule has 0 unspecified atom stereocenters. The molecule has 0 saturated heterocycles. The summed E-state index contributed by atoms with van der Waals surface area (Å²) in [4.78, 5) is 17.9. The lowest BCUT2D eigenvalue weighted by Gasteiger charge is -2.13. The Balaban J connectivity index is 1.82. The predicted molar refractivity (Wildman–Crippen MR) is 119 cm³/mol. The van der Waals surface area contributed by atoms with Crippen LogP contribution in [0.5, 0.6) is 11.5 Å². The molecule has 0 aliphatic carbocycles. The van der Waals surface area contributed by atoms with E-state index < -0.39 is 5.82 Å². The number of amides is 1. The summed E-state index contributed by atoms with van der Waals surface area (Å²) in [7, 11) is 3.14. The summed E-state index contributed by atoms with van der Waals surface area (Å²) in [6, 6.07) is 18.9. The summed E-state index contributed by atoms with van der Waals surface area (Å²) in [5, 5.41) is 3.53. The highest BCUT2D eigenvalue weighted by molar-refractivity contribution is 6.13. The fraction of sp³-hybridized carbons (Fsp3) is 0.120. The molecule has 31 heavy (non-hydrogen) atoms. The van der Waals surface area contributed by atoms with E-state index in [0.717, 1.165) is 11.1 Å². The number of ether oxygens (including phenoxy) is 2. The molecule has 0 saturated carbocycles. The monoisotopic (exact) mass is 416 g/mol. The van der Waals surface area contributed by atoms with Gasteiger partial charge in [0.1, 0.15) is 5.82 Å². The van der Waals surface area contributed by atoms with Gasteiger partial charge in [0, 0.05) is 16.6 Å². The van der Waals surface area contributed by atoms with Crippen LogP contribution in [0.15, 0.2) is 66.7 Å². The number of rotatable bonds is 5. The number of methoxy groups -OCH3 is 2. The molecular weight excluding hydrogens is 395 g/mol. The van der Waals surface area contributed by atoms with Gasteiger partial charge in [0.2, 0.25) is 0 Å². The van der Waals surface area contributed by atoms with E-state index in [-0.39, 0.29) is 5.91 Å². The lowest BCUT2D eigenvalue weighted by Crippen LogP contribution is -2.14. The van der Waals surface area contributed by atoms with Crippen LogP contribution in [0.1, 0.15) is 15.9 Å². The molecule has 0 atom stereocenters. The summed E-state index contributed by atoms with van der Waals surface area (Å²) in [5.74, 6) is 0.420. The standard InChI is InChI=1S/C25H21FN2O3/c1-15-8-10-17(26)13-21(15)28-25(29)19-14-22(27-20-7-5-4-6-18(19)20)16-9-11-23(30-2)24(12-16)31-3/h4-14H,1-3H3,(H,28,29). The van der Waals surface area contributed by atoms with Gasteiger partial charge in [-0.2, -0.15) is 0 Å². The Kier molecular flexibility index (Phi) is 5.54. The van der Waals surface area contributed by atoms with Crippen LogP contribution in [-0.4, -0.2) is 25.1 Å². The van der Waals surface area contributed by atoms with Gasteiger partial charge in [-0.15, -0.1) is 0 Å². The molecule has 0 radical (unpaired) electrons. The molecule has 0 aliphatic rings. The van der Waals surface area contributed by atoms with E-state index in [9.17, 15) is 9.18 Å². The van der Waals surface area contributed by atoms with E-state index in [1.807, 2.05) is 43.3 Å². The van der Waals surface area contributed by atoms with Crippen molar-refractivity contribution in [3.8, 4) is 22.8 Å². The van der Waals surface area contributed by atoms with E-state index in [4.69, 9.17) is 14.5 Å². The topological polar surface area (TPSA) is 60.5 Å². The average Bonchev–Trinajstić information content (AvgIpc) is 2.80. The number of anilines is 1. The van der Waals surface area contributed by atoms with E-state index >= 15 is 0 Å². The van der Waals surface area contributed by atoms with Gasteiger partial charge in [-0.25, -0.2) is 9.37 Å². The maximum Gasteiger partial charge on any atom is 0.256 e. The largest absolute Gasteiger partial charge is 0.493 e. The molecule has 0 bridgehead atoms. The number of hydrogen-bond acceptors (Lipinski definition) is 4. The zero-order chi connectivity index (χ0) is 22.0. The highest BCUT2D eigenvalue weighted by Crippen LogP contribution is 2.33. The fourth-order valence-corrected chi connectivity index (χ4v) is 3.43. The summed E-state index contributed by atoms with van der Waals surface area (Å²) in [6.07, 6.45) is 0. The molecule has 1 aromatic heterocycles. The minimum absolute atomic E-state index is 0.339. The third-order valence-electron chi connectivity index (χ3n) is 5.09. The van der Waals surface area contributed by atoms with Gasteiger partial charge in [0.25, 0.3) is 5.91 Å². The van der Waals surface area contributed by atoms with Crippen molar-refractivity contribution < 1.29 is 18.7 Å². The molecule has 156 valence electrons. The number of para-hydroxylation sites is 1. The van der Waals surface area contributed by atoms with Crippen molar-refractivity contribution >= 4 is 22.5 Å². The molecule has 0 aliphatic heterocycles. The second kappa shape index (κ2) is 8.44. The second-order valence-corrected chi connectivity index (χ2v) is 7.06. The first-order chi connectivity index (χ1) is 15.0. The number of hydrogen-bond donors (Lipinski definition) is 1. The Morgan fingerprint density at radius 1 is 0.935 bits per heavy atom. The van der Waals surface area contributed by atoms with Crippen molar-refractivity contribution in [3.63, 3.8) is 0 Å². The summed E-state index contributed by atoms with van der Waals surface area (Å²) < 4.78 is 24.4. The van der Waals surface area contributed by atoms with Crippen molar-refractivity contribution in [2.45, 2.75) is 6.92 Å². The number of carbonyl (C=O) groups is 1. The Morgan fingerprint density at radius 2 is 1.71 bits per heavy atom. The van der Waals surface area contributed by atoms with Crippen LogP contribution in [-0.2, 0) is 0 Å². The minimum atomic E-state index is -0.411. The number of aryl methyl sites for hydroxylation is 1. The van der Waals surface area contributed by atoms with Gasteiger partial charge >= 0.3 is 0 Å². The molecular formula is C25H21FN2O3. The third-order valence-corrected chi connectivity index (χ3v) is 5.09. The van der Waals surface area contributed by atoms with Gasteiger partial charge in [0.05, 0.1) is 31.0 Å². The first-order valence-corrected chi connectivity index (χ1v) is 9.70. The van der Waals surface area contributed by atoms with Crippen LogP contribution in [0.2, 0.25) is 0 Å². The van der Waals surface area contributed by atoms with Crippen molar-refractivity contribution in [1.29, 1.82) is 0 Å². The Hall–Kier alpha value is -3.93. The number of nitrogens with one attached hydrogen (secondary N) is 1. The summed E-state index contributed by atoms with van der Waals surface area (Å²) in [5.41, 5.74) is 3.71. The molecule has 0 spiro atoms.